The van der Waals surface area contributed by atoms with Crippen molar-refractivity contribution in [2.75, 3.05) is 45.8 Å². The molecule has 0 spiro atoms. The third-order valence-electron chi connectivity index (χ3n) is 5.00. The Morgan fingerprint density at radius 2 is 1.62 bits per heavy atom. The number of carbonyl (C=O) groups is 2. The highest BCUT2D eigenvalue weighted by atomic mass is 32.1. The SMILES string of the molecule is O=C(CCc1ccsc1)N1CCN(CC(=O)N2CCCCC2)CC1. The van der Waals surface area contributed by atoms with Crippen LogP contribution < -0.4 is 0 Å². The van der Waals surface area contributed by atoms with Gasteiger partial charge in [0.15, 0.2) is 0 Å². The number of carbonyl (C=O) groups excluding carboxylic acids is 2. The smallest absolute Gasteiger partial charge is 0.236 e. The lowest BCUT2D eigenvalue weighted by Gasteiger charge is -2.36. The van der Waals surface area contributed by atoms with Crippen molar-refractivity contribution in [3.05, 3.63) is 22.4 Å². The molecule has 2 fully saturated rings. The molecule has 0 bridgehead atoms. The lowest BCUT2D eigenvalue weighted by atomic mass is 10.1. The maximum absolute atomic E-state index is 12.3. The number of aryl methyl sites for hydroxylation is 1. The van der Waals surface area contributed by atoms with Crippen LogP contribution in [0.4, 0.5) is 0 Å². The fourth-order valence-corrected chi connectivity index (χ4v) is 4.14. The van der Waals surface area contributed by atoms with Crippen LogP contribution >= 0.6 is 11.3 Å². The molecule has 5 nitrogen and oxygen atoms in total. The Morgan fingerprint density at radius 1 is 0.917 bits per heavy atom. The summed E-state index contributed by atoms with van der Waals surface area (Å²) in [4.78, 5) is 30.8. The largest absolute Gasteiger partial charge is 0.342 e. The fraction of sp³-hybridized carbons (Fsp3) is 0.667. The molecule has 0 unspecified atom stereocenters. The summed E-state index contributed by atoms with van der Waals surface area (Å²) in [6.45, 7) is 5.45. The van der Waals surface area contributed by atoms with Crippen molar-refractivity contribution in [2.24, 2.45) is 0 Å². The zero-order chi connectivity index (χ0) is 16.8. The predicted octanol–water partition coefficient (Wildman–Crippen LogP) is 1.84. The number of piperazine rings is 1. The van der Waals surface area contributed by atoms with Crippen molar-refractivity contribution in [3.63, 3.8) is 0 Å². The second-order valence-electron chi connectivity index (χ2n) is 6.73. The van der Waals surface area contributed by atoms with Crippen molar-refractivity contribution in [1.82, 2.24) is 14.7 Å². The van der Waals surface area contributed by atoms with Gasteiger partial charge in [-0.3, -0.25) is 14.5 Å². The summed E-state index contributed by atoms with van der Waals surface area (Å²) in [5, 5.41) is 4.16. The van der Waals surface area contributed by atoms with Crippen LogP contribution in [0.3, 0.4) is 0 Å². The molecular weight excluding hydrogens is 322 g/mol. The molecule has 0 atom stereocenters. The predicted molar refractivity (Wildman–Crippen MR) is 96.1 cm³/mol. The Kier molecular flexibility index (Phi) is 6.26. The van der Waals surface area contributed by atoms with E-state index in [1.807, 2.05) is 9.80 Å². The summed E-state index contributed by atoms with van der Waals surface area (Å²) >= 11 is 1.68. The third kappa shape index (κ3) is 4.80. The number of hydrogen-bond donors (Lipinski definition) is 0. The standard InChI is InChI=1S/C18H27N3O2S/c22-17(5-4-16-6-13-24-15-16)21-11-9-19(10-12-21)14-18(23)20-7-2-1-3-8-20/h6,13,15H,1-5,7-12,14H2. The zero-order valence-electron chi connectivity index (χ0n) is 14.3. The van der Waals surface area contributed by atoms with Crippen molar-refractivity contribution in [2.45, 2.75) is 32.1 Å². The van der Waals surface area contributed by atoms with E-state index in [9.17, 15) is 9.59 Å². The Balaban J connectivity index is 1.37. The number of thiophene rings is 1. The minimum absolute atomic E-state index is 0.239. The van der Waals surface area contributed by atoms with Gasteiger partial charge in [-0.25, -0.2) is 0 Å². The van der Waals surface area contributed by atoms with Gasteiger partial charge in [-0.05, 0) is 48.1 Å². The van der Waals surface area contributed by atoms with E-state index >= 15 is 0 Å². The van der Waals surface area contributed by atoms with E-state index in [1.54, 1.807) is 11.3 Å². The summed E-state index contributed by atoms with van der Waals surface area (Å²) in [5.74, 6) is 0.496. The molecule has 6 heteroatoms. The minimum Gasteiger partial charge on any atom is -0.342 e. The lowest BCUT2D eigenvalue weighted by Crippen LogP contribution is -2.52. The molecule has 3 rings (SSSR count). The van der Waals surface area contributed by atoms with Gasteiger partial charge in [0, 0.05) is 45.7 Å². The highest BCUT2D eigenvalue weighted by molar-refractivity contribution is 7.07. The second-order valence-corrected chi connectivity index (χ2v) is 7.51. The molecule has 0 radical (unpaired) electrons. The third-order valence-corrected chi connectivity index (χ3v) is 5.73. The molecule has 2 aliphatic heterocycles. The van der Waals surface area contributed by atoms with Crippen LogP contribution in [0.1, 0.15) is 31.2 Å². The lowest BCUT2D eigenvalue weighted by molar-refractivity contribution is -0.135. The van der Waals surface area contributed by atoms with Crippen LogP contribution in [-0.4, -0.2) is 72.3 Å². The van der Waals surface area contributed by atoms with Gasteiger partial charge in [-0.2, -0.15) is 11.3 Å². The van der Waals surface area contributed by atoms with E-state index in [4.69, 9.17) is 0 Å². The van der Waals surface area contributed by atoms with Crippen molar-refractivity contribution in [3.8, 4) is 0 Å². The van der Waals surface area contributed by atoms with E-state index < -0.39 is 0 Å². The molecule has 0 aliphatic carbocycles. The van der Waals surface area contributed by atoms with Crippen LogP contribution in [0.25, 0.3) is 0 Å². The quantitative estimate of drug-likeness (QED) is 0.815. The Hall–Kier alpha value is -1.40. The van der Waals surface area contributed by atoms with Crippen molar-refractivity contribution in [1.29, 1.82) is 0 Å². The second kappa shape index (κ2) is 8.62. The van der Waals surface area contributed by atoms with Gasteiger partial charge in [0.25, 0.3) is 0 Å². The molecule has 0 saturated carbocycles. The van der Waals surface area contributed by atoms with Crippen LogP contribution in [0.15, 0.2) is 16.8 Å². The molecule has 2 aliphatic rings. The Bertz CT molecular complexity index is 532. The van der Waals surface area contributed by atoms with Gasteiger partial charge in [-0.1, -0.05) is 0 Å². The number of nitrogens with zero attached hydrogens (tertiary/aromatic N) is 3. The van der Waals surface area contributed by atoms with Gasteiger partial charge in [-0.15, -0.1) is 0 Å². The summed E-state index contributed by atoms with van der Waals surface area (Å²) in [5.41, 5.74) is 1.25. The molecule has 2 saturated heterocycles. The number of piperidine rings is 1. The minimum atomic E-state index is 0.239. The summed E-state index contributed by atoms with van der Waals surface area (Å²) in [7, 11) is 0. The van der Waals surface area contributed by atoms with E-state index in [0.717, 1.165) is 58.5 Å². The van der Waals surface area contributed by atoms with Gasteiger partial charge < -0.3 is 9.80 Å². The molecule has 2 amide bonds. The van der Waals surface area contributed by atoms with Crippen LogP contribution in [0, 0.1) is 0 Å². The van der Waals surface area contributed by atoms with E-state index in [2.05, 4.69) is 21.7 Å². The Morgan fingerprint density at radius 3 is 2.29 bits per heavy atom. The summed E-state index contributed by atoms with van der Waals surface area (Å²) in [6.07, 6.45) is 4.94. The molecule has 24 heavy (non-hydrogen) atoms. The van der Waals surface area contributed by atoms with Crippen LogP contribution in [0.5, 0.6) is 0 Å². The summed E-state index contributed by atoms with van der Waals surface area (Å²) in [6, 6.07) is 2.09. The normalized spacial score (nSPS) is 19.5. The van der Waals surface area contributed by atoms with E-state index in [-0.39, 0.29) is 11.8 Å². The molecule has 1 aromatic heterocycles. The zero-order valence-corrected chi connectivity index (χ0v) is 15.1. The van der Waals surface area contributed by atoms with E-state index in [1.165, 1.54) is 12.0 Å². The van der Waals surface area contributed by atoms with Crippen LogP contribution in [0.2, 0.25) is 0 Å². The average Bonchev–Trinajstić information content (AvgIpc) is 3.14. The molecule has 0 N–H and O–H groups in total. The summed E-state index contributed by atoms with van der Waals surface area (Å²) < 4.78 is 0. The maximum atomic E-state index is 12.3. The number of amides is 2. The van der Waals surface area contributed by atoms with Crippen LogP contribution in [-0.2, 0) is 16.0 Å². The first kappa shape index (κ1) is 17.4. The molecular formula is C18H27N3O2S. The molecule has 3 heterocycles. The maximum Gasteiger partial charge on any atom is 0.236 e. The topological polar surface area (TPSA) is 43.9 Å². The van der Waals surface area contributed by atoms with Gasteiger partial charge in [0.2, 0.25) is 11.8 Å². The Labute approximate surface area is 148 Å². The van der Waals surface area contributed by atoms with E-state index in [0.29, 0.717) is 13.0 Å². The molecule has 0 aromatic carbocycles. The first-order chi connectivity index (χ1) is 11.7. The van der Waals surface area contributed by atoms with Crippen molar-refractivity contribution < 1.29 is 9.59 Å². The number of hydrogen-bond acceptors (Lipinski definition) is 4. The van der Waals surface area contributed by atoms with Gasteiger partial charge in [0.1, 0.15) is 0 Å². The number of likely N-dealkylation sites (tertiary alicyclic amines) is 1. The first-order valence-corrected chi connectivity index (χ1v) is 9.95. The molecule has 132 valence electrons. The highest BCUT2D eigenvalue weighted by Crippen LogP contribution is 2.12. The average molecular weight is 350 g/mol. The van der Waals surface area contributed by atoms with Crippen molar-refractivity contribution >= 4 is 23.2 Å². The monoisotopic (exact) mass is 349 g/mol. The molecule has 1 aromatic rings. The van der Waals surface area contributed by atoms with Gasteiger partial charge in [0.05, 0.1) is 6.54 Å². The first-order valence-electron chi connectivity index (χ1n) is 9.01. The highest BCUT2D eigenvalue weighted by Gasteiger charge is 2.24. The fourth-order valence-electron chi connectivity index (χ4n) is 3.43. The van der Waals surface area contributed by atoms with Gasteiger partial charge >= 0.3 is 0 Å². The number of rotatable bonds is 5.